The Labute approximate surface area is 115 Å². The van der Waals surface area contributed by atoms with Crippen molar-refractivity contribution in [1.29, 1.82) is 0 Å². The Kier molecular flexibility index (Phi) is 4.73. The van der Waals surface area contributed by atoms with Crippen LogP contribution in [0.4, 0.5) is 4.79 Å². The minimum atomic E-state index is -0.730. The normalized spacial score (nSPS) is 22.7. The number of carbonyl (C=O) groups excluding carboxylic acids is 1. The minimum Gasteiger partial charge on any atom is -0.481 e. The molecular weight excluding hydrogens is 266 g/mol. The zero-order valence-corrected chi connectivity index (χ0v) is 11.3. The molecule has 0 radical (unpaired) electrons. The van der Waals surface area contributed by atoms with E-state index >= 15 is 0 Å². The fourth-order valence-electron chi connectivity index (χ4n) is 2.22. The monoisotopic (exact) mass is 283 g/mol. The third-order valence-corrected chi connectivity index (χ3v) is 4.07. The predicted molar refractivity (Wildman–Crippen MR) is 70.9 cm³/mol. The van der Waals surface area contributed by atoms with Crippen molar-refractivity contribution in [3.63, 3.8) is 0 Å². The summed E-state index contributed by atoms with van der Waals surface area (Å²) in [5.74, 6) is -0.983. The summed E-state index contributed by atoms with van der Waals surface area (Å²) < 4.78 is 0. The number of hydrogen-bond donors (Lipinski definition) is 3. The second-order valence-corrected chi connectivity index (χ2v) is 5.62. The first-order valence-corrected chi connectivity index (χ1v) is 7.18. The van der Waals surface area contributed by atoms with Crippen LogP contribution in [0.2, 0.25) is 0 Å². The van der Waals surface area contributed by atoms with E-state index in [-0.39, 0.29) is 18.0 Å². The van der Waals surface area contributed by atoms with Gasteiger partial charge in [-0.25, -0.2) is 9.78 Å². The van der Waals surface area contributed by atoms with Crippen molar-refractivity contribution in [2.45, 2.75) is 38.3 Å². The Morgan fingerprint density at radius 3 is 2.68 bits per heavy atom. The highest BCUT2D eigenvalue weighted by Crippen LogP contribution is 2.24. The number of carbonyl (C=O) groups is 2. The molecule has 0 aromatic carbocycles. The molecule has 6 nitrogen and oxygen atoms in total. The topological polar surface area (TPSA) is 91.3 Å². The number of carboxylic acids is 1. The summed E-state index contributed by atoms with van der Waals surface area (Å²) in [5.41, 5.74) is 0. The molecule has 0 unspecified atom stereocenters. The number of aliphatic carboxylic acids is 1. The Bertz CT molecular complexity index is 427. The standard InChI is InChI=1S/C12H17N3O3S/c16-11(17)8-1-3-9(4-2-8)15-12(18)14-7-10-13-5-6-19-10/h5-6,8-9H,1-4,7H2,(H,16,17)(H2,14,15,18). The van der Waals surface area contributed by atoms with Crippen molar-refractivity contribution in [1.82, 2.24) is 15.6 Å². The predicted octanol–water partition coefficient (Wildman–Crippen LogP) is 1.59. The quantitative estimate of drug-likeness (QED) is 0.782. The van der Waals surface area contributed by atoms with Crippen LogP contribution in [0.15, 0.2) is 11.6 Å². The summed E-state index contributed by atoms with van der Waals surface area (Å²) in [6, 6.07) is -0.138. The van der Waals surface area contributed by atoms with Gasteiger partial charge in [0, 0.05) is 17.6 Å². The van der Waals surface area contributed by atoms with Gasteiger partial charge in [0.15, 0.2) is 0 Å². The van der Waals surface area contributed by atoms with E-state index in [4.69, 9.17) is 5.11 Å². The second kappa shape index (κ2) is 6.51. The van der Waals surface area contributed by atoms with E-state index < -0.39 is 5.97 Å². The Morgan fingerprint density at radius 2 is 2.11 bits per heavy atom. The van der Waals surface area contributed by atoms with Gasteiger partial charge in [0.25, 0.3) is 0 Å². The van der Waals surface area contributed by atoms with Gasteiger partial charge in [-0.3, -0.25) is 4.79 Å². The number of rotatable bonds is 4. The van der Waals surface area contributed by atoms with E-state index in [1.165, 1.54) is 11.3 Å². The molecule has 1 fully saturated rings. The first-order chi connectivity index (χ1) is 9.15. The first-order valence-electron chi connectivity index (χ1n) is 6.30. The molecule has 1 aliphatic rings. The third-order valence-electron chi connectivity index (χ3n) is 3.30. The lowest BCUT2D eigenvalue weighted by molar-refractivity contribution is -0.142. The average molecular weight is 283 g/mol. The summed E-state index contributed by atoms with van der Waals surface area (Å²) in [6.45, 7) is 0.425. The van der Waals surface area contributed by atoms with Crippen LogP contribution in [0.5, 0.6) is 0 Å². The lowest BCUT2D eigenvalue weighted by atomic mass is 9.86. The number of aromatic nitrogens is 1. The number of carboxylic acid groups (broad SMARTS) is 1. The highest BCUT2D eigenvalue weighted by Gasteiger charge is 2.26. The van der Waals surface area contributed by atoms with Crippen LogP contribution < -0.4 is 10.6 Å². The van der Waals surface area contributed by atoms with Gasteiger partial charge in [-0.05, 0) is 25.7 Å². The van der Waals surface area contributed by atoms with E-state index in [0.717, 1.165) is 17.8 Å². The first kappa shape index (κ1) is 13.8. The summed E-state index contributed by atoms with van der Waals surface area (Å²) in [7, 11) is 0. The van der Waals surface area contributed by atoms with Gasteiger partial charge in [-0.1, -0.05) is 0 Å². The molecule has 19 heavy (non-hydrogen) atoms. The van der Waals surface area contributed by atoms with E-state index in [9.17, 15) is 9.59 Å². The maximum atomic E-state index is 11.7. The molecule has 1 aliphatic carbocycles. The zero-order chi connectivity index (χ0) is 13.7. The Balaban J connectivity index is 1.67. The van der Waals surface area contributed by atoms with Crippen LogP contribution in [0, 0.1) is 5.92 Å². The fourth-order valence-corrected chi connectivity index (χ4v) is 2.77. The number of nitrogens with one attached hydrogen (secondary N) is 2. The van der Waals surface area contributed by atoms with Crippen LogP contribution in [-0.4, -0.2) is 28.1 Å². The van der Waals surface area contributed by atoms with Gasteiger partial charge in [-0.15, -0.1) is 11.3 Å². The van der Waals surface area contributed by atoms with Crippen LogP contribution in [-0.2, 0) is 11.3 Å². The highest BCUT2D eigenvalue weighted by molar-refractivity contribution is 7.09. The number of urea groups is 1. The van der Waals surface area contributed by atoms with Gasteiger partial charge in [0.05, 0.1) is 12.5 Å². The van der Waals surface area contributed by atoms with Crippen LogP contribution in [0.3, 0.4) is 0 Å². The van der Waals surface area contributed by atoms with Crippen LogP contribution in [0.1, 0.15) is 30.7 Å². The molecule has 7 heteroatoms. The average Bonchev–Trinajstić information content (AvgIpc) is 2.90. The molecule has 2 amide bonds. The van der Waals surface area contributed by atoms with Crippen molar-refractivity contribution in [2.75, 3.05) is 0 Å². The van der Waals surface area contributed by atoms with E-state index in [0.29, 0.717) is 19.4 Å². The lowest BCUT2D eigenvalue weighted by Gasteiger charge is -2.26. The van der Waals surface area contributed by atoms with Crippen molar-refractivity contribution in [2.24, 2.45) is 5.92 Å². The van der Waals surface area contributed by atoms with Crippen LogP contribution in [0.25, 0.3) is 0 Å². The molecule has 2 rings (SSSR count). The van der Waals surface area contributed by atoms with Crippen molar-refractivity contribution in [3.8, 4) is 0 Å². The maximum Gasteiger partial charge on any atom is 0.315 e. The fraction of sp³-hybridized carbons (Fsp3) is 0.583. The summed E-state index contributed by atoms with van der Waals surface area (Å²) >= 11 is 1.50. The SMILES string of the molecule is O=C(NCc1nccs1)NC1CCC(C(=O)O)CC1. The summed E-state index contributed by atoms with van der Waals surface area (Å²) in [4.78, 5) is 26.5. The zero-order valence-electron chi connectivity index (χ0n) is 10.5. The molecule has 104 valence electrons. The molecule has 1 saturated carbocycles. The summed E-state index contributed by atoms with van der Waals surface area (Å²) in [6.07, 6.45) is 4.41. The van der Waals surface area contributed by atoms with E-state index in [2.05, 4.69) is 15.6 Å². The molecule has 0 spiro atoms. The molecule has 1 heterocycles. The molecule has 1 aromatic heterocycles. The van der Waals surface area contributed by atoms with Crippen molar-refractivity contribution >= 4 is 23.3 Å². The third kappa shape index (κ3) is 4.20. The molecule has 1 aromatic rings. The molecule has 0 atom stereocenters. The molecule has 0 saturated heterocycles. The lowest BCUT2D eigenvalue weighted by Crippen LogP contribution is -2.43. The molecular formula is C12H17N3O3S. The van der Waals surface area contributed by atoms with E-state index in [1.807, 2.05) is 5.38 Å². The van der Waals surface area contributed by atoms with Crippen molar-refractivity contribution < 1.29 is 14.7 Å². The van der Waals surface area contributed by atoms with Gasteiger partial charge < -0.3 is 15.7 Å². The molecule has 0 bridgehead atoms. The molecule has 0 aliphatic heterocycles. The van der Waals surface area contributed by atoms with Crippen LogP contribution >= 0.6 is 11.3 Å². The Hall–Kier alpha value is -1.63. The largest absolute Gasteiger partial charge is 0.481 e. The van der Waals surface area contributed by atoms with Gasteiger partial charge in [-0.2, -0.15) is 0 Å². The second-order valence-electron chi connectivity index (χ2n) is 4.64. The van der Waals surface area contributed by atoms with Gasteiger partial charge in [0.2, 0.25) is 0 Å². The molecule has 3 N–H and O–H groups in total. The Morgan fingerprint density at radius 1 is 1.37 bits per heavy atom. The number of amides is 2. The number of hydrogen-bond acceptors (Lipinski definition) is 4. The summed E-state index contributed by atoms with van der Waals surface area (Å²) in [5, 5.41) is 17.2. The van der Waals surface area contributed by atoms with Crippen molar-refractivity contribution in [3.05, 3.63) is 16.6 Å². The van der Waals surface area contributed by atoms with Gasteiger partial charge in [0.1, 0.15) is 5.01 Å². The number of nitrogens with zero attached hydrogens (tertiary/aromatic N) is 1. The van der Waals surface area contributed by atoms with E-state index in [1.54, 1.807) is 6.20 Å². The number of thiazole rings is 1. The maximum absolute atomic E-state index is 11.7. The smallest absolute Gasteiger partial charge is 0.315 e. The minimum absolute atomic E-state index is 0.0758. The van der Waals surface area contributed by atoms with Gasteiger partial charge >= 0.3 is 12.0 Å². The highest BCUT2D eigenvalue weighted by atomic mass is 32.1.